The lowest BCUT2D eigenvalue weighted by atomic mass is 10.0. The number of sulfonamides is 1. The van der Waals surface area contributed by atoms with Gasteiger partial charge >= 0.3 is 0 Å². The van der Waals surface area contributed by atoms with Gasteiger partial charge in [0.2, 0.25) is 11.8 Å². The molecule has 0 heterocycles. The van der Waals surface area contributed by atoms with E-state index in [2.05, 4.69) is 5.32 Å². The second-order valence-electron chi connectivity index (χ2n) is 11.6. The number of hydrogen-bond donors (Lipinski definition) is 1. The number of rotatable bonds is 15. The maximum absolute atomic E-state index is 14.5. The molecule has 0 bridgehead atoms. The number of nitrogens with zero attached hydrogens (tertiary/aromatic N) is 2. The van der Waals surface area contributed by atoms with E-state index in [1.165, 1.54) is 17.0 Å². The summed E-state index contributed by atoms with van der Waals surface area (Å²) in [6.45, 7) is 8.36. The third kappa shape index (κ3) is 9.20. The highest BCUT2D eigenvalue weighted by atomic mass is 32.2. The standard InChI is InChI=1S/C37H43N3O5S/c1-5-45-33-22-20-32(21-23-33)40(46(43,44)34-14-10-7-11-15-34)27-36(41)39(26-31-18-16-29(4)17-19-31)35(37(42)38-25-28(2)3)24-30-12-8-6-9-13-30/h6-23,28,35H,5,24-27H2,1-4H3,(H,38,42). The first-order valence-corrected chi connectivity index (χ1v) is 17.0. The summed E-state index contributed by atoms with van der Waals surface area (Å²) in [6, 6.07) is 31.0. The predicted molar refractivity (Wildman–Crippen MR) is 182 cm³/mol. The number of anilines is 1. The van der Waals surface area contributed by atoms with E-state index in [4.69, 9.17) is 4.74 Å². The van der Waals surface area contributed by atoms with Gasteiger partial charge in [-0.2, -0.15) is 0 Å². The molecule has 0 fully saturated rings. The van der Waals surface area contributed by atoms with Crippen LogP contribution in [0.5, 0.6) is 5.75 Å². The minimum absolute atomic E-state index is 0.0530. The van der Waals surface area contributed by atoms with Gasteiger partial charge < -0.3 is 15.0 Å². The Bertz CT molecular complexity index is 1660. The van der Waals surface area contributed by atoms with Crippen LogP contribution in [0.1, 0.15) is 37.5 Å². The molecule has 1 N–H and O–H groups in total. The van der Waals surface area contributed by atoms with Crippen molar-refractivity contribution < 1.29 is 22.7 Å². The van der Waals surface area contributed by atoms with Gasteiger partial charge in [-0.05, 0) is 67.3 Å². The fourth-order valence-corrected chi connectivity index (χ4v) is 6.43. The van der Waals surface area contributed by atoms with Crippen LogP contribution < -0.4 is 14.4 Å². The highest BCUT2D eigenvalue weighted by Crippen LogP contribution is 2.27. The second-order valence-corrected chi connectivity index (χ2v) is 13.5. The summed E-state index contributed by atoms with van der Waals surface area (Å²) >= 11 is 0. The van der Waals surface area contributed by atoms with E-state index in [0.717, 1.165) is 21.0 Å². The van der Waals surface area contributed by atoms with Crippen molar-refractivity contribution in [2.45, 2.75) is 51.6 Å². The summed E-state index contributed by atoms with van der Waals surface area (Å²) in [5.41, 5.74) is 3.08. The second kappa shape index (κ2) is 16.1. The minimum atomic E-state index is -4.17. The smallest absolute Gasteiger partial charge is 0.264 e. The minimum Gasteiger partial charge on any atom is -0.494 e. The molecule has 9 heteroatoms. The first-order valence-electron chi connectivity index (χ1n) is 15.6. The number of amides is 2. The van der Waals surface area contributed by atoms with Gasteiger partial charge in [-0.3, -0.25) is 13.9 Å². The number of ether oxygens (including phenoxy) is 1. The molecule has 0 aliphatic rings. The molecule has 4 rings (SSSR count). The molecule has 0 radical (unpaired) electrons. The molecule has 0 saturated carbocycles. The van der Waals surface area contributed by atoms with Crippen molar-refractivity contribution in [3.63, 3.8) is 0 Å². The molecule has 2 amide bonds. The Kier molecular flexibility index (Phi) is 12.0. The number of benzene rings is 4. The fourth-order valence-electron chi connectivity index (χ4n) is 4.99. The van der Waals surface area contributed by atoms with Crippen LogP contribution in [-0.4, -0.2) is 50.9 Å². The maximum atomic E-state index is 14.5. The van der Waals surface area contributed by atoms with Crippen molar-refractivity contribution in [1.29, 1.82) is 0 Å². The SMILES string of the molecule is CCOc1ccc(N(CC(=O)N(Cc2ccc(C)cc2)C(Cc2ccccc2)C(=O)NCC(C)C)S(=O)(=O)c2ccccc2)cc1. The molecular weight excluding hydrogens is 598 g/mol. The van der Waals surface area contributed by atoms with Gasteiger partial charge in [-0.25, -0.2) is 8.42 Å². The van der Waals surface area contributed by atoms with Gasteiger partial charge in [-0.1, -0.05) is 92.2 Å². The fraction of sp³-hybridized carbons (Fsp3) is 0.297. The van der Waals surface area contributed by atoms with Crippen LogP contribution in [0.15, 0.2) is 114 Å². The molecule has 1 unspecified atom stereocenters. The van der Waals surface area contributed by atoms with Gasteiger partial charge in [0.25, 0.3) is 10.0 Å². The molecule has 1 atom stereocenters. The summed E-state index contributed by atoms with van der Waals surface area (Å²) < 4.78 is 34.9. The molecule has 0 saturated heterocycles. The summed E-state index contributed by atoms with van der Waals surface area (Å²) in [6.07, 6.45) is 0.261. The first-order chi connectivity index (χ1) is 22.1. The Morgan fingerprint density at radius 2 is 1.41 bits per heavy atom. The molecule has 0 aliphatic heterocycles. The largest absolute Gasteiger partial charge is 0.494 e. The van der Waals surface area contributed by atoms with E-state index in [1.54, 1.807) is 42.5 Å². The van der Waals surface area contributed by atoms with Gasteiger partial charge in [0.1, 0.15) is 18.3 Å². The normalized spacial score (nSPS) is 11.9. The Balaban J connectivity index is 1.78. The zero-order valence-electron chi connectivity index (χ0n) is 26.9. The maximum Gasteiger partial charge on any atom is 0.264 e. The van der Waals surface area contributed by atoms with Crippen LogP contribution in [0.3, 0.4) is 0 Å². The van der Waals surface area contributed by atoms with E-state index < -0.39 is 28.5 Å². The van der Waals surface area contributed by atoms with Crippen molar-refractivity contribution in [3.8, 4) is 5.75 Å². The van der Waals surface area contributed by atoms with Crippen molar-refractivity contribution in [3.05, 3.63) is 126 Å². The lowest BCUT2D eigenvalue weighted by Crippen LogP contribution is -2.53. The molecular formula is C37H43N3O5S. The average molecular weight is 642 g/mol. The topological polar surface area (TPSA) is 96.0 Å². The van der Waals surface area contributed by atoms with Crippen LogP contribution in [-0.2, 0) is 32.6 Å². The third-order valence-electron chi connectivity index (χ3n) is 7.47. The zero-order chi connectivity index (χ0) is 33.1. The van der Waals surface area contributed by atoms with Crippen molar-refractivity contribution in [2.75, 3.05) is 24.0 Å². The number of aryl methyl sites for hydroxylation is 1. The van der Waals surface area contributed by atoms with Gasteiger partial charge in [0.05, 0.1) is 17.2 Å². The number of carbonyl (C=O) groups excluding carboxylic acids is 2. The number of nitrogens with one attached hydrogen (secondary N) is 1. The lowest BCUT2D eigenvalue weighted by molar-refractivity contribution is -0.140. The van der Waals surface area contributed by atoms with Crippen molar-refractivity contribution >= 4 is 27.5 Å². The quantitative estimate of drug-likeness (QED) is 0.172. The summed E-state index contributed by atoms with van der Waals surface area (Å²) in [4.78, 5) is 30.0. The molecule has 4 aromatic rings. The van der Waals surface area contributed by atoms with Crippen molar-refractivity contribution in [2.24, 2.45) is 5.92 Å². The Labute approximate surface area is 273 Å². The summed E-state index contributed by atoms with van der Waals surface area (Å²) in [5.74, 6) is -0.0136. The van der Waals surface area contributed by atoms with E-state index in [0.29, 0.717) is 24.6 Å². The van der Waals surface area contributed by atoms with Gasteiger partial charge in [0.15, 0.2) is 0 Å². The average Bonchev–Trinajstić information content (AvgIpc) is 3.06. The highest BCUT2D eigenvalue weighted by molar-refractivity contribution is 7.92. The van der Waals surface area contributed by atoms with Gasteiger partial charge in [0, 0.05) is 19.5 Å². The van der Waals surface area contributed by atoms with Crippen LogP contribution in [0.4, 0.5) is 5.69 Å². The summed E-state index contributed by atoms with van der Waals surface area (Å²) in [7, 11) is -4.17. The van der Waals surface area contributed by atoms with E-state index in [9.17, 15) is 18.0 Å². The predicted octanol–water partition coefficient (Wildman–Crippen LogP) is 6.00. The Morgan fingerprint density at radius 1 is 0.804 bits per heavy atom. The Hall–Kier alpha value is -4.63. The van der Waals surface area contributed by atoms with Crippen molar-refractivity contribution in [1.82, 2.24) is 10.2 Å². The zero-order valence-corrected chi connectivity index (χ0v) is 27.7. The summed E-state index contributed by atoms with van der Waals surface area (Å²) in [5, 5.41) is 3.01. The van der Waals surface area contributed by atoms with Gasteiger partial charge in [-0.15, -0.1) is 0 Å². The molecule has 0 aromatic heterocycles. The molecule has 242 valence electrons. The van der Waals surface area contributed by atoms with Crippen LogP contribution in [0, 0.1) is 12.8 Å². The highest BCUT2D eigenvalue weighted by Gasteiger charge is 2.34. The van der Waals surface area contributed by atoms with E-state index >= 15 is 0 Å². The first kappa shape index (κ1) is 34.2. The van der Waals surface area contributed by atoms with Crippen LogP contribution in [0.25, 0.3) is 0 Å². The number of carbonyl (C=O) groups is 2. The third-order valence-corrected chi connectivity index (χ3v) is 9.26. The molecule has 46 heavy (non-hydrogen) atoms. The van der Waals surface area contributed by atoms with E-state index in [-0.39, 0.29) is 29.7 Å². The molecule has 4 aromatic carbocycles. The van der Waals surface area contributed by atoms with E-state index in [1.807, 2.05) is 82.3 Å². The number of hydrogen-bond acceptors (Lipinski definition) is 5. The molecule has 0 spiro atoms. The molecule has 0 aliphatic carbocycles. The Morgan fingerprint density at radius 3 is 2.00 bits per heavy atom. The van der Waals surface area contributed by atoms with Crippen LogP contribution in [0.2, 0.25) is 0 Å². The van der Waals surface area contributed by atoms with Crippen LogP contribution >= 0.6 is 0 Å². The molecule has 8 nitrogen and oxygen atoms in total. The monoisotopic (exact) mass is 641 g/mol. The lowest BCUT2D eigenvalue weighted by Gasteiger charge is -2.34.